The molecule has 156 valence electrons. The molecule has 29 heavy (non-hydrogen) atoms. The van der Waals surface area contributed by atoms with Gasteiger partial charge in [0.15, 0.2) is 0 Å². The molecule has 0 atom stereocenters. The Morgan fingerprint density at radius 2 is 1.90 bits per heavy atom. The largest absolute Gasteiger partial charge is 0.481 e. The van der Waals surface area contributed by atoms with Crippen molar-refractivity contribution in [3.05, 3.63) is 38.7 Å². The first-order valence-electron chi connectivity index (χ1n) is 10.7. The molecular formula is C23H29ClN2O2S. The fourth-order valence-corrected chi connectivity index (χ4v) is 5.95. The molecule has 2 aromatic rings. The van der Waals surface area contributed by atoms with Gasteiger partial charge >= 0.3 is 5.97 Å². The highest BCUT2D eigenvalue weighted by Crippen LogP contribution is 2.40. The van der Waals surface area contributed by atoms with Crippen LogP contribution in [0.5, 0.6) is 0 Å². The van der Waals surface area contributed by atoms with E-state index in [9.17, 15) is 4.79 Å². The molecule has 0 radical (unpaired) electrons. The van der Waals surface area contributed by atoms with Crippen LogP contribution < -0.4 is 0 Å². The lowest BCUT2D eigenvalue weighted by Crippen LogP contribution is -2.20. The number of carboxylic acids is 1. The van der Waals surface area contributed by atoms with Gasteiger partial charge in [-0.15, -0.1) is 11.3 Å². The van der Waals surface area contributed by atoms with Gasteiger partial charge in [-0.25, -0.2) is 4.98 Å². The van der Waals surface area contributed by atoms with Crippen LogP contribution in [0, 0.1) is 5.92 Å². The number of carboxylic acid groups (broad SMARTS) is 1. The monoisotopic (exact) mass is 432 g/mol. The highest BCUT2D eigenvalue weighted by molar-refractivity contribution is 7.10. The average molecular weight is 433 g/mol. The number of nitrogens with zero attached hydrogens (tertiary/aromatic N) is 2. The van der Waals surface area contributed by atoms with E-state index in [1.165, 1.54) is 16.1 Å². The molecule has 2 aliphatic rings. The molecule has 1 aromatic carbocycles. The topological polar surface area (TPSA) is 53.4 Å². The first kappa shape index (κ1) is 20.8. The second-order valence-electron chi connectivity index (χ2n) is 8.63. The summed E-state index contributed by atoms with van der Waals surface area (Å²) in [6.45, 7) is 2.17. The summed E-state index contributed by atoms with van der Waals surface area (Å²) in [7, 11) is 2.18. The van der Waals surface area contributed by atoms with Crippen molar-refractivity contribution in [3.63, 3.8) is 0 Å². The van der Waals surface area contributed by atoms with Gasteiger partial charge in [0, 0.05) is 36.4 Å². The number of halogens is 1. The minimum Gasteiger partial charge on any atom is -0.481 e. The lowest BCUT2D eigenvalue weighted by Gasteiger charge is -2.26. The number of benzene rings is 1. The Morgan fingerprint density at radius 3 is 2.59 bits per heavy atom. The van der Waals surface area contributed by atoms with Crippen LogP contribution in [-0.2, 0) is 17.6 Å². The predicted molar refractivity (Wildman–Crippen MR) is 119 cm³/mol. The van der Waals surface area contributed by atoms with Crippen LogP contribution >= 0.6 is 22.9 Å². The number of likely N-dealkylation sites (N-methyl/N-ethyl adjacent to an activating group) is 1. The number of fused-ring (bicyclic) bond motifs is 1. The molecule has 0 unspecified atom stereocenters. The Bertz CT molecular complexity index is 874. The summed E-state index contributed by atoms with van der Waals surface area (Å²) >= 11 is 8.41. The Labute approximate surface area is 181 Å². The lowest BCUT2D eigenvalue weighted by molar-refractivity contribution is -0.137. The zero-order valence-corrected chi connectivity index (χ0v) is 18.6. The fourth-order valence-electron chi connectivity index (χ4n) is 4.68. The number of aromatic nitrogens is 1. The molecule has 0 amide bonds. The Morgan fingerprint density at radius 1 is 1.21 bits per heavy atom. The molecule has 0 saturated heterocycles. The first-order valence-corrected chi connectivity index (χ1v) is 11.9. The number of thiazole rings is 1. The Kier molecular flexibility index (Phi) is 6.57. The third kappa shape index (κ3) is 5.01. The first-order chi connectivity index (χ1) is 14.0. The summed E-state index contributed by atoms with van der Waals surface area (Å²) in [5.41, 5.74) is 4.84. The van der Waals surface area contributed by atoms with Gasteiger partial charge < -0.3 is 10.0 Å². The van der Waals surface area contributed by atoms with Crippen LogP contribution in [0.4, 0.5) is 0 Å². The standard InChI is InChI=1S/C23H29ClN2O2S/c1-26-10-8-17-12-19(20(24)13-18(17)9-11-26)21-14-29-23(25-21)16-5-2-15(3-6-16)4-7-22(27)28/h12-16H,2-11H2,1H3,(H,27,28). The molecule has 0 bridgehead atoms. The lowest BCUT2D eigenvalue weighted by atomic mass is 9.80. The van der Waals surface area contributed by atoms with Crippen molar-refractivity contribution < 1.29 is 9.90 Å². The third-order valence-electron chi connectivity index (χ3n) is 6.58. The van der Waals surface area contributed by atoms with Crippen LogP contribution in [-0.4, -0.2) is 41.1 Å². The summed E-state index contributed by atoms with van der Waals surface area (Å²) < 4.78 is 0. The van der Waals surface area contributed by atoms with Crippen molar-refractivity contribution in [2.75, 3.05) is 20.1 Å². The van der Waals surface area contributed by atoms with Gasteiger partial charge in [-0.3, -0.25) is 4.79 Å². The number of aliphatic carboxylic acids is 1. The molecule has 1 aliphatic heterocycles. The zero-order chi connectivity index (χ0) is 20.4. The minimum atomic E-state index is -0.680. The molecule has 2 heterocycles. The second-order valence-corrected chi connectivity index (χ2v) is 9.92. The summed E-state index contributed by atoms with van der Waals surface area (Å²) in [5.74, 6) is 0.378. The molecule has 1 N–H and O–H groups in total. The van der Waals surface area contributed by atoms with Crippen molar-refractivity contribution in [1.82, 2.24) is 9.88 Å². The van der Waals surface area contributed by atoms with Gasteiger partial charge in [0.2, 0.25) is 0 Å². The van der Waals surface area contributed by atoms with Crippen LogP contribution in [0.2, 0.25) is 5.02 Å². The van der Waals surface area contributed by atoms with E-state index in [4.69, 9.17) is 21.7 Å². The zero-order valence-electron chi connectivity index (χ0n) is 17.0. The second kappa shape index (κ2) is 9.15. The molecule has 1 aromatic heterocycles. The van der Waals surface area contributed by atoms with E-state index in [-0.39, 0.29) is 0 Å². The number of hydrogen-bond donors (Lipinski definition) is 1. The summed E-state index contributed by atoms with van der Waals surface area (Å²) in [6, 6.07) is 4.41. The van der Waals surface area contributed by atoms with Crippen LogP contribution in [0.25, 0.3) is 11.3 Å². The van der Waals surface area contributed by atoms with Gasteiger partial charge in [-0.1, -0.05) is 11.6 Å². The van der Waals surface area contributed by atoms with Crippen molar-refractivity contribution in [1.29, 1.82) is 0 Å². The van der Waals surface area contributed by atoms with Gasteiger partial charge in [-0.05, 0) is 81.2 Å². The van der Waals surface area contributed by atoms with E-state index in [1.807, 2.05) is 0 Å². The Hall–Kier alpha value is -1.43. The molecule has 0 spiro atoms. The number of carbonyl (C=O) groups is 1. The highest BCUT2D eigenvalue weighted by Gasteiger charge is 2.25. The predicted octanol–water partition coefficient (Wildman–Crippen LogP) is 5.63. The maximum atomic E-state index is 10.8. The minimum absolute atomic E-state index is 0.295. The maximum absolute atomic E-state index is 10.8. The van der Waals surface area contributed by atoms with E-state index in [0.717, 1.165) is 74.3 Å². The quantitative estimate of drug-likeness (QED) is 0.664. The molecule has 6 heteroatoms. The normalized spacial score (nSPS) is 22.8. The van der Waals surface area contributed by atoms with Crippen LogP contribution in [0.1, 0.15) is 60.6 Å². The SMILES string of the molecule is CN1CCc2cc(Cl)c(-c3csc(C4CCC(CCC(=O)O)CC4)n3)cc2CC1. The molecule has 1 saturated carbocycles. The molecule has 4 nitrogen and oxygen atoms in total. The van der Waals surface area contributed by atoms with Crippen LogP contribution in [0.3, 0.4) is 0 Å². The van der Waals surface area contributed by atoms with Gasteiger partial charge in [0.25, 0.3) is 0 Å². The van der Waals surface area contributed by atoms with E-state index in [2.05, 4.69) is 29.5 Å². The summed E-state index contributed by atoms with van der Waals surface area (Å²) in [5, 5.41) is 13.1. The van der Waals surface area contributed by atoms with Crippen molar-refractivity contribution in [2.24, 2.45) is 5.92 Å². The highest BCUT2D eigenvalue weighted by atomic mass is 35.5. The van der Waals surface area contributed by atoms with Crippen molar-refractivity contribution >= 4 is 28.9 Å². The molecule has 1 fully saturated rings. The summed E-state index contributed by atoms with van der Waals surface area (Å²) in [6.07, 6.45) is 7.67. The summed E-state index contributed by atoms with van der Waals surface area (Å²) in [4.78, 5) is 18.2. The van der Waals surface area contributed by atoms with E-state index in [0.29, 0.717) is 18.3 Å². The molecular weight excluding hydrogens is 404 g/mol. The fraction of sp³-hybridized carbons (Fsp3) is 0.565. The average Bonchev–Trinajstić information content (AvgIpc) is 3.12. The third-order valence-corrected chi connectivity index (χ3v) is 7.90. The van der Waals surface area contributed by atoms with Crippen molar-refractivity contribution in [2.45, 2.75) is 57.3 Å². The van der Waals surface area contributed by atoms with E-state index < -0.39 is 5.97 Å². The van der Waals surface area contributed by atoms with Gasteiger partial charge in [-0.2, -0.15) is 0 Å². The van der Waals surface area contributed by atoms with Gasteiger partial charge in [0.1, 0.15) is 0 Å². The number of rotatable bonds is 5. The van der Waals surface area contributed by atoms with E-state index >= 15 is 0 Å². The maximum Gasteiger partial charge on any atom is 0.303 e. The van der Waals surface area contributed by atoms with Crippen LogP contribution in [0.15, 0.2) is 17.5 Å². The number of hydrogen-bond acceptors (Lipinski definition) is 4. The van der Waals surface area contributed by atoms with Gasteiger partial charge in [0.05, 0.1) is 15.7 Å². The molecule has 1 aliphatic carbocycles. The van der Waals surface area contributed by atoms with E-state index in [1.54, 1.807) is 11.3 Å². The Balaban J connectivity index is 1.45. The smallest absolute Gasteiger partial charge is 0.303 e. The molecule has 4 rings (SSSR count). The van der Waals surface area contributed by atoms with Crippen molar-refractivity contribution in [3.8, 4) is 11.3 Å².